The van der Waals surface area contributed by atoms with Crippen LogP contribution in [-0.2, 0) is 13.0 Å². The van der Waals surface area contributed by atoms with Gasteiger partial charge in [-0.15, -0.1) is 0 Å². The number of aromatic nitrogens is 4. The van der Waals surface area contributed by atoms with Gasteiger partial charge in [0, 0.05) is 49.2 Å². The van der Waals surface area contributed by atoms with Gasteiger partial charge < -0.3 is 14.8 Å². The van der Waals surface area contributed by atoms with Crippen molar-refractivity contribution in [1.82, 2.24) is 19.9 Å². The third kappa shape index (κ3) is 2.60. The highest BCUT2D eigenvalue weighted by Crippen LogP contribution is 2.37. The van der Waals surface area contributed by atoms with Gasteiger partial charge in [0.2, 0.25) is 0 Å². The molecule has 0 spiro atoms. The van der Waals surface area contributed by atoms with E-state index >= 15 is 0 Å². The molecule has 5 heterocycles. The van der Waals surface area contributed by atoms with Crippen LogP contribution in [0.3, 0.4) is 0 Å². The highest BCUT2D eigenvalue weighted by molar-refractivity contribution is 6.30. The number of H-pyrrole nitrogens is 1. The number of rotatable bonds is 2. The summed E-state index contributed by atoms with van der Waals surface area (Å²) in [4.78, 5) is 21.1. The Bertz CT molecular complexity index is 1060. The Labute approximate surface area is 161 Å². The molecule has 136 valence electrons. The van der Waals surface area contributed by atoms with Crippen molar-refractivity contribution >= 4 is 34.1 Å². The molecule has 0 amide bonds. The fourth-order valence-corrected chi connectivity index (χ4v) is 4.24. The van der Waals surface area contributed by atoms with Crippen molar-refractivity contribution < 1.29 is 0 Å². The molecule has 3 aromatic heterocycles. The summed E-state index contributed by atoms with van der Waals surface area (Å²) in [6, 6.07) is 6.57. The lowest BCUT2D eigenvalue weighted by molar-refractivity contribution is 0.492. The van der Waals surface area contributed by atoms with Crippen molar-refractivity contribution in [3.8, 4) is 6.07 Å². The van der Waals surface area contributed by atoms with Gasteiger partial charge in [-0.2, -0.15) is 5.26 Å². The van der Waals surface area contributed by atoms with E-state index in [0.717, 1.165) is 53.3 Å². The van der Waals surface area contributed by atoms with Crippen molar-refractivity contribution in [2.45, 2.75) is 25.9 Å². The van der Waals surface area contributed by atoms with Crippen LogP contribution in [0.1, 0.15) is 18.2 Å². The molecular formula is C19H18ClN7. The number of nitrogens with one attached hydrogen (secondary N) is 1. The molecule has 1 unspecified atom stereocenters. The van der Waals surface area contributed by atoms with Crippen LogP contribution in [-0.4, -0.2) is 39.1 Å². The Morgan fingerprint density at radius 2 is 2.19 bits per heavy atom. The summed E-state index contributed by atoms with van der Waals surface area (Å²) in [5.74, 6) is 1.04. The maximum Gasteiger partial charge on any atom is 0.141 e. The lowest BCUT2D eigenvalue weighted by Gasteiger charge is -2.41. The normalized spacial score (nSPS) is 19.7. The standard InChI is InChI=1S/C19H18ClN7/c1-11-4-15-14(19(24-10-23-15)26-7-12(6-21)8-26)9-27(11)16-5-17(20)25-18-13(16)2-3-22-18/h2-3,5,10-12H,4,7-9H2,1H3,(H,22,25). The SMILES string of the molecule is CC1Cc2ncnc(N3CC(C#N)C3)c2CN1c1cc(Cl)nc2[nH]ccc12. The number of nitriles is 1. The minimum atomic E-state index is 0.0905. The molecule has 7 nitrogen and oxygen atoms in total. The van der Waals surface area contributed by atoms with Crippen molar-refractivity contribution in [3.05, 3.63) is 41.1 Å². The summed E-state index contributed by atoms with van der Waals surface area (Å²) >= 11 is 6.27. The number of halogens is 1. The van der Waals surface area contributed by atoms with Gasteiger partial charge in [0.05, 0.1) is 23.4 Å². The van der Waals surface area contributed by atoms with E-state index in [1.54, 1.807) is 6.33 Å². The van der Waals surface area contributed by atoms with E-state index < -0.39 is 0 Å². The summed E-state index contributed by atoms with van der Waals surface area (Å²) in [6.45, 7) is 4.38. The minimum Gasteiger partial charge on any atom is -0.363 e. The molecular weight excluding hydrogens is 362 g/mol. The molecule has 8 heteroatoms. The first-order chi connectivity index (χ1) is 13.1. The maximum absolute atomic E-state index is 9.08. The molecule has 3 aromatic rings. The van der Waals surface area contributed by atoms with Gasteiger partial charge in [0.1, 0.15) is 22.9 Å². The Morgan fingerprint density at radius 3 is 3.00 bits per heavy atom. The fourth-order valence-electron chi connectivity index (χ4n) is 4.05. The average molecular weight is 380 g/mol. The Balaban J connectivity index is 1.55. The zero-order chi connectivity index (χ0) is 18.5. The van der Waals surface area contributed by atoms with Crippen molar-refractivity contribution in [3.63, 3.8) is 0 Å². The Kier molecular flexibility index (Phi) is 3.69. The van der Waals surface area contributed by atoms with Gasteiger partial charge in [0.25, 0.3) is 0 Å². The van der Waals surface area contributed by atoms with E-state index in [1.165, 1.54) is 0 Å². The molecule has 1 atom stereocenters. The molecule has 5 rings (SSSR count). The lowest BCUT2D eigenvalue weighted by Crippen LogP contribution is -2.48. The summed E-state index contributed by atoms with van der Waals surface area (Å²) in [7, 11) is 0. The molecule has 0 bridgehead atoms. The molecule has 1 saturated heterocycles. The molecule has 2 aliphatic heterocycles. The van der Waals surface area contributed by atoms with Crippen LogP contribution in [0.15, 0.2) is 24.7 Å². The zero-order valence-electron chi connectivity index (χ0n) is 14.9. The number of hydrogen-bond acceptors (Lipinski definition) is 6. The quantitative estimate of drug-likeness (QED) is 0.689. The second-order valence-corrected chi connectivity index (χ2v) is 7.63. The number of fused-ring (bicyclic) bond motifs is 2. The van der Waals surface area contributed by atoms with Crippen LogP contribution in [0.2, 0.25) is 5.15 Å². The van der Waals surface area contributed by atoms with Gasteiger partial charge in [-0.1, -0.05) is 11.6 Å². The first-order valence-electron chi connectivity index (χ1n) is 9.01. The number of nitrogens with zero attached hydrogens (tertiary/aromatic N) is 6. The topological polar surface area (TPSA) is 84.7 Å². The number of aromatic amines is 1. The Morgan fingerprint density at radius 1 is 1.33 bits per heavy atom. The maximum atomic E-state index is 9.08. The van der Waals surface area contributed by atoms with Crippen molar-refractivity contribution in [2.24, 2.45) is 5.92 Å². The third-order valence-corrected chi connectivity index (χ3v) is 5.70. The predicted octanol–water partition coefficient (Wildman–Crippen LogP) is 2.92. The predicted molar refractivity (Wildman–Crippen MR) is 104 cm³/mol. The highest BCUT2D eigenvalue weighted by atomic mass is 35.5. The first kappa shape index (κ1) is 16.3. The van der Waals surface area contributed by atoms with Crippen LogP contribution in [0, 0.1) is 17.2 Å². The molecule has 27 heavy (non-hydrogen) atoms. The van der Waals surface area contributed by atoms with E-state index in [9.17, 15) is 0 Å². The van der Waals surface area contributed by atoms with Gasteiger partial charge in [-0.3, -0.25) is 0 Å². The summed E-state index contributed by atoms with van der Waals surface area (Å²) in [5, 5.41) is 10.6. The smallest absolute Gasteiger partial charge is 0.141 e. The molecule has 0 aliphatic carbocycles. The lowest BCUT2D eigenvalue weighted by atomic mass is 9.96. The van der Waals surface area contributed by atoms with E-state index in [-0.39, 0.29) is 12.0 Å². The van der Waals surface area contributed by atoms with E-state index in [1.807, 2.05) is 18.3 Å². The van der Waals surface area contributed by atoms with Crippen LogP contribution >= 0.6 is 11.6 Å². The van der Waals surface area contributed by atoms with Crippen molar-refractivity contribution in [1.29, 1.82) is 5.26 Å². The second-order valence-electron chi connectivity index (χ2n) is 7.24. The zero-order valence-corrected chi connectivity index (χ0v) is 15.6. The van der Waals surface area contributed by atoms with Crippen LogP contribution < -0.4 is 9.80 Å². The van der Waals surface area contributed by atoms with E-state index in [2.05, 4.69) is 42.7 Å². The fraction of sp³-hybridized carbons (Fsp3) is 0.368. The van der Waals surface area contributed by atoms with Crippen molar-refractivity contribution in [2.75, 3.05) is 22.9 Å². The first-order valence-corrected chi connectivity index (χ1v) is 9.39. The molecule has 1 fully saturated rings. The highest BCUT2D eigenvalue weighted by Gasteiger charge is 2.34. The molecule has 0 aromatic carbocycles. The van der Waals surface area contributed by atoms with Gasteiger partial charge >= 0.3 is 0 Å². The third-order valence-electron chi connectivity index (χ3n) is 5.51. The molecule has 2 aliphatic rings. The van der Waals surface area contributed by atoms with Gasteiger partial charge in [-0.25, -0.2) is 15.0 Å². The van der Waals surface area contributed by atoms with Crippen LogP contribution in [0.25, 0.3) is 11.0 Å². The number of anilines is 2. The average Bonchev–Trinajstić information content (AvgIpc) is 3.08. The largest absolute Gasteiger partial charge is 0.363 e. The molecule has 0 saturated carbocycles. The summed E-state index contributed by atoms with van der Waals surface area (Å²) in [5.41, 5.74) is 4.09. The molecule has 0 radical (unpaired) electrons. The van der Waals surface area contributed by atoms with Crippen LogP contribution in [0.5, 0.6) is 0 Å². The second kappa shape index (κ2) is 6.10. The number of hydrogen-bond donors (Lipinski definition) is 1. The van der Waals surface area contributed by atoms with E-state index in [4.69, 9.17) is 16.9 Å². The number of pyridine rings is 1. The van der Waals surface area contributed by atoms with Gasteiger partial charge in [-0.05, 0) is 19.1 Å². The monoisotopic (exact) mass is 379 g/mol. The Hall–Kier alpha value is -2.85. The summed E-state index contributed by atoms with van der Waals surface area (Å²) < 4.78 is 0. The minimum absolute atomic E-state index is 0.0905. The molecule has 1 N–H and O–H groups in total. The van der Waals surface area contributed by atoms with E-state index in [0.29, 0.717) is 11.7 Å². The summed E-state index contributed by atoms with van der Waals surface area (Å²) in [6.07, 6.45) is 4.37. The van der Waals surface area contributed by atoms with Gasteiger partial charge in [0.15, 0.2) is 0 Å². The van der Waals surface area contributed by atoms with Crippen LogP contribution in [0.4, 0.5) is 11.5 Å².